The number of anilines is 1. The van der Waals surface area contributed by atoms with Crippen molar-refractivity contribution in [2.45, 2.75) is 26.3 Å². The van der Waals surface area contributed by atoms with Crippen LogP contribution in [0, 0.1) is 17.0 Å². The van der Waals surface area contributed by atoms with E-state index in [2.05, 4.69) is 10.3 Å². The van der Waals surface area contributed by atoms with E-state index in [1.54, 1.807) is 26.8 Å². The van der Waals surface area contributed by atoms with E-state index in [1.165, 1.54) is 6.07 Å². The van der Waals surface area contributed by atoms with Crippen molar-refractivity contribution in [1.82, 2.24) is 4.98 Å². The van der Waals surface area contributed by atoms with Gasteiger partial charge in [-0.2, -0.15) is 0 Å². The molecule has 0 saturated heterocycles. The summed E-state index contributed by atoms with van der Waals surface area (Å²) in [5.74, 6) is 0.184. The minimum atomic E-state index is -0.647. The number of aromatic nitrogens is 1. The Bertz CT molecular complexity index is 404. The highest BCUT2D eigenvalue weighted by atomic mass is 16.6. The second-order valence-electron chi connectivity index (χ2n) is 4.24. The van der Waals surface area contributed by atoms with Crippen molar-refractivity contribution in [3.8, 4) is 0 Å². The summed E-state index contributed by atoms with van der Waals surface area (Å²) in [4.78, 5) is 14.3. The molecule has 1 aromatic rings. The first-order valence-electron chi connectivity index (χ1n) is 4.87. The highest BCUT2D eigenvalue weighted by molar-refractivity contribution is 5.57. The molecule has 0 saturated carbocycles. The van der Waals surface area contributed by atoms with Crippen LogP contribution in [0.2, 0.25) is 0 Å². The summed E-state index contributed by atoms with van der Waals surface area (Å²) in [6.45, 7) is 5.09. The van der Waals surface area contributed by atoms with Gasteiger partial charge < -0.3 is 10.4 Å². The summed E-state index contributed by atoms with van der Waals surface area (Å²) in [5, 5.41) is 22.7. The van der Waals surface area contributed by atoms with Gasteiger partial charge in [0.25, 0.3) is 0 Å². The van der Waals surface area contributed by atoms with Gasteiger partial charge in [-0.1, -0.05) is 0 Å². The summed E-state index contributed by atoms with van der Waals surface area (Å²) in [5.41, 5.74) is -0.0556. The van der Waals surface area contributed by atoms with Gasteiger partial charge in [-0.25, -0.2) is 4.98 Å². The summed E-state index contributed by atoms with van der Waals surface area (Å²) < 4.78 is 0. The number of aliphatic hydroxyl groups excluding tert-OH is 1. The van der Waals surface area contributed by atoms with Gasteiger partial charge in [-0.3, -0.25) is 10.1 Å². The van der Waals surface area contributed by atoms with Gasteiger partial charge in [-0.05, 0) is 26.8 Å². The highest BCUT2D eigenvalue weighted by Gasteiger charge is 2.22. The fourth-order valence-corrected chi connectivity index (χ4v) is 1.15. The monoisotopic (exact) mass is 225 g/mol. The molecule has 0 aliphatic heterocycles. The molecular formula is C10H15N3O3. The maximum atomic E-state index is 10.8. The van der Waals surface area contributed by atoms with E-state index in [0.29, 0.717) is 5.69 Å². The van der Waals surface area contributed by atoms with Crippen molar-refractivity contribution >= 4 is 11.5 Å². The van der Waals surface area contributed by atoms with E-state index in [-0.39, 0.29) is 18.1 Å². The Kier molecular flexibility index (Phi) is 3.44. The molecule has 0 aliphatic carbocycles. The van der Waals surface area contributed by atoms with E-state index >= 15 is 0 Å². The van der Waals surface area contributed by atoms with Crippen LogP contribution in [0.1, 0.15) is 19.5 Å². The number of aliphatic hydroxyl groups is 1. The average molecular weight is 225 g/mol. The molecular weight excluding hydrogens is 210 g/mol. The lowest BCUT2D eigenvalue weighted by Crippen LogP contribution is -2.35. The molecule has 16 heavy (non-hydrogen) atoms. The molecule has 0 radical (unpaired) electrons. The lowest BCUT2D eigenvalue weighted by Gasteiger charge is -2.23. The van der Waals surface area contributed by atoms with Crippen LogP contribution in [-0.2, 0) is 0 Å². The van der Waals surface area contributed by atoms with Crippen molar-refractivity contribution in [3.05, 3.63) is 27.9 Å². The molecule has 1 heterocycles. The van der Waals surface area contributed by atoms with Crippen LogP contribution in [0.3, 0.4) is 0 Å². The molecule has 1 aromatic heterocycles. The van der Waals surface area contributed by atoms with Gasteiger partial charge in [0, 0.05) is 11.8 Å². The minimum absolute atomic E-state index is 0.0906. The zero-order valence-corrected chi connectivity index (χ0v) is 9.52. The predicted octanol–water partition coefficient (Wildman–Crippen LogP) is 1.48. The highest BCUT2D eigenvalue weighted by Crippen LogP contribution is 2.24. The van der Waals surface area contributed by atoms with Crippen molar-refractivity contribution < 1.29 is 10.0 Å². The van der Waals surface area contributed by atoms with E-state index < -0.39 is 10.5 Å². The van der Waals surface area contributed by atoms with Gasteiger partial charge in [0.15, 0.2) is 0 Å². The number of hydrogen-bond donors (Lipinski definition) is 2. The lowest BCUT2D eigenvalue weighted by molar-refractivity contribution is -0.384. The quantitative estimate of drug-likeness (QED) is 0.598. The summed E-state index contributed by atoms with van der Waals surface area (Å²) in [6.07, 6.45) is 0. The van der Waals surface area contributed by atoms with Crippen LogP contribution in [-0.4, -0.2) is 27.2 Å². The number of pyridine rings is 1. The Morgan fingerprint density at radius 1 is 1.56 bits per heavy atom. The smallest absolute Gasteiger partial charge is 0.311 e. The van der Waals surface area contributed by atoms with Crippen molar-refractivity contribution in [1.29, 1.82) is 0 Å². The van der Waals surface area contributed by atoms with Crippen LogP contribution in [0.5, 0.6) is 0 Å². The molecule has 6 heteroatoms. The molecule has 6 nitrogen and oxygen atoms in total. The molecule has 0 spiro atoms. The maximum Gasteiger partial charge on any atom is 0.311 e. The van der Waals surface area contributed by atoms with E-state index in [4.69, 9.17) is 5.11 Å². The van der Waals surface area contributed by atoms with Gasteiger partial charge in [0.2, 0.25) is 5.82 Å². The topological polar surface area (TPSA) is 88.3 Å². The molecule has 0 atom stereocenters. The van der Waals surface area contributed by atoms with Crippen LogP contribution in [0.15, 0.2) is 12.1 Å². The SMILES string of the molecule is Cc1ccc([N+](=O)[O-])c(NC(C)(C)CO)n1. The van der Waals surface area contributed by atoms with Crippen molar-refractivity contribution in [3.63, 3.8) is 0 Å². The van der Waals surface area contributed by atoms with E-state index in [9.17, 15) is 10.1 Å². The third-order valence-electron chi connectivity index (χ3n) is 2.06. The number of nitro groups is 1. The lowest BCUT2D eigenvalue weighted by atomic mass is 10.1. The zero-order valence-electron chi connectivity index (χ0n) is 9.52. The Balaban J connectivity index is 3.10. The number of rotatable bonds is 4. The maximum absolute atomic E-state index is 10.8. The number of hydrogen-bond acceptors (Lipinski definition) is 5. The largest absolute Gasteiger partial charge is 0.394 e. The van der Waals surface area contributed by atoms with Crippen molar-refractivity contribution in [2.24, 2.45) is 0 Å². The second-order valence-corrected chi connectivity index (χ2v) is 4.24. The van der Waals surface area contributed by atoms with Crippen molar-refractivity contribution in [2.75, 3.05) is 11.9 Å². The average Bonchev–Trinajstić information content (AvgIpc) is 2.16. The van der Waals surface area contributed by atoms with Crippen LogP contribution in [0.4, 0.5) is 11.5 Å². The first-order chi connectivity index (χ1) is 7.35. The first kappa shape index (κ1) is 12.4. The summed E-state index contributed by atoms with van der Waals surface area (Å²) >= 11 is 0. The first-order valence-corrected chi connectivity index (χ1v) is 4.87. The van der Waals surface area contributed by atoms with Gasteiger partial charge >= 0.3 is 5.69 Å². The Labute approximate surface area is 93.5 Å². The third-order valence-corrected chi connectivity index (χ3v) is 2.06. The molecule has 0 fully saturated rings. The van der Waals surface area contributed by atoms with Crippen LogP contribution in [0.25, 0.3) is 0 Å². The molecule has 1 rings (SSSR count). The third kappa shape index (κ3) is 2.90. The zero-order chi connectivity index (χ0) is 12.3. The van der Waals surface area contributed by atoms with Crippen LogP contribution < -0.4 is 5.32 Å². The summed E-state index contributed by atoms with van der Waals surface area (Å²) in [7, 11) is 0. The summed E-state index contributed by atoms with van der Waals surface area (Å²) in [6, 6.07) is 2.98. The molecule has 0 aliphatic rings. The fourth-order valence-electron chi connectivity index (χ4n) is 1.15. The molecule has 0 unspecified atom stereocenters. The molecule has 0 amide bonds. The molecule has 0 aromatic carbocycles. The molecule has 0 bridgehead atoms. The molecule has 2 N–H and O–H groups in total. The number of aryl methyl sites for hydroxylation is 1. The number of nitrogens with one attached hydrogen (secondary N) is 1. The normalized spacial score (nSPS) is 11.2. The van der Waals surface area contributed by atoms with E-state index in [1.807, 2.05) is 0 Å². The molecule has 88 valence electrons. The predicted molar refractivity (Wildman–Crippen MR) is 60.4 cm³/mol. The Morgan fingerprint density at radius 3 is 2.69 bits per heavy atom. The van der Waals surface area contributed by atoms with Gasteiger partial charge in [0.1, 0.15) is 0 Å². The minimum Gasteiger partial charge on any atom is -0.394 e. The standard InChI is InChI=1S/C10H15N3O3/c1-7-4-5-8(13(15)16)9(11-7)12-10(2,3)6-14/h4-5,14H,6H2,1-3H3,(H,11,12). The Hall–Kier alpha value is -1.69. The second kappa shape index (κ2) is 4.44. The number of nitrogens with zero attached hydrogens (tertiary/aromatic N) is 2. The van der Waals surface area contributed by atoms with E-state index in [0.717, 1.165) is 0 Å². The Morgan fingerprint density at radius 2 is 2.19 bits per heavy atom. The van der Waals surface area contributed by atoms with Gasteiger partial charge in [-0.15, -0.1) is 0 Å². The fraction of sp³-hybridized carbons (Fsp3) is 0.500. The van der Waals surface area contributed by atoms with Crippen LogP contribution >= 0.6 is 0 Å². The van der Waals surface area contributed by atoms with Gasteiger partial charge in [0.05, 0.1) is 17.1 Å².